The molecule has 19 nitrogen and oxygen atoms in total. The van der Waals surface area contributed by atoms with E-state index < -0.39 is 15.0 Å². The summed E-state index contributed by atoms with van der Waals surface area (Å²) in [7, 11) is -3.02. The topological polar surface area (TPSA) is 253 Å². The van der Waals surface area contributed by atoms with Gasteiger partial charge in [0.1, 0.15) is 22.5 Å². The molecule has 326 valence electrons. The number of nitrogens with one attached hydrogen (secondary N) is 1. The van der Waals surface area contributed by atoms with Gasteiger partial charge in [-0.3, -0.25) is 4.55 Å². The highest BCUT2D eigenvalue weighted by Gasteiger charge is 2.20. The second-order valence-corrected chi connectivity index (χ2v) is 16.9. The van der Waals surface area contributed by atoms with Gasteiger partial charge in [-0.2, -0.15) is 28.6 Å². The van der Waals surface area contributed by atoms with Gasteiger partial charge >= 0.3 is 0 Å². The van der Waals surface area contributed by atoms with Crippen LogP contribution in [0.25, 0.3) is 38.3 Å². The van der Waals surface area contributed by atoms with E-state index in [1.165, 1.54) is 16.9 Å². The lowest BCUT2D eigenvalue weighted by Crippen LogP contribution is -2.01. The van der Waals surface area contributed by atoms with Gasteiger partial charge in [0.2, 0.25) is 0 Å². The largest absolute Gasteiger partial charge is 0.505 e. The number of anilines is 2. The number of hydrogen-bond acceptors (Lipinski definition) is 19. The highest BCUT2D eigenvalue weighted by molar-refractivity contribution is 7.95. The highest BCUT2D eigenvalue weighted by atomic mass is 32.2. The van der Waals surface area contributed by atoms with Crippen LogP contribution in [0.4, 0.5) is 34.1 Å². The number of phenols is 1. The average Bonchev–Trinajstić information content (AvgIpc) is 3.72. The van der Waals surface area contributed by atoms with Gasteiger partial charge in [0, 0.05) is 32.4 Å². The van der Waals surface area contributed by atoms with Crippen molar-refractivity contribution in [2.24, 2.45) is 20.5 Å². The molecule has 0 aliphatic rings. The van der Waals surface area contributed by atoms with E-state index >= 15 is 0 Å². The van der Waals surface area contributed by atoms with E-state index in [-0.39, 0.29) is 16.3 Å². The molecule has 8 aromatic rings. The SMILES string of the molecule is COc1ccc(Nc2ccc3c(O)c(N=Nc4cc(C)c(N=Nc5ccc(-n6nc7ccc8c(SOOO)cc(S(=O)(=O)O)cc8c7n6)c(C)c5)cc4C)c(SOOO)cc3c2)cc1. The molecular weight excluding hydrogens is 889 g/mol. The number of aryl methyl sites for hydroxylation is 3. The molecule has 0 radical (unpaired) electrons. The van der Waals surface area contributed by atoms with Crippen LogP contribution in [0.5, 0.6) is 11.5 Å². The van der Waals surface area contributed by atoms with E-state index in [1.807, 2.05) is 69.3 Å². The van der Waals surface area contributed by atoms with Gasteiger partial charge in [0.25, 0.3) is 10.1 Å². The Balaban J connectivity index is 1.03. The van der Waals surface area contributed by atoms with Crippen molar-refractivity contribution in [1.29, 1.82) is 0 Å². The molecule has 0 bridgehead atoms. The number of fused-ring (bicyclic) bond motifs is 4. The minimum Gasteiger partial charge on any atom is -0.505 e. The second-order valence-electron chi connectivity index (χ2n) is 14.0. The number of ether oxygens (including phenoxy) is 1. The zero-order chi connectivity index (χ0) is 45.1. The zero-order valence-electron chi connectivity index (χ0n) is 33.8. The van der Waals surface area contributed by atoms with Crippen LogP contribution in [0.3, 0.4) is 0 Å². The first-order chi connectivity index (χ1) is 30.8. The molecule has 1 aromatic heterocycles. The number of nitrogens with zero attached hydrogens (tertiary/aromatic N) is 7. The second kappa shape index (κ2) is 18.6. The van der Waals surface area contributed by atoms with Crippen LogP contribution in [0.15, 0.2) is 138 Å². The summed E-state index contributed by atoms with van der Waals surface area (Å²) in [6.07, 6.45) is 0. The maximum atomic E-state index is 12.1. The van der Waals surface area contributed by atoms with E-state index in [1.54, 1.807) is 49.6 Å². The Bertz CT molecular complexity index is 3260. The summed E-state index contributed by atoms with van der Waals surface area (Å²) in [4.78, 5) is 1.55. The Labute approximate surface area is 371 Å². The third kappa shape index (κ3) is 9.36. The van der Waals surface area contributed by atoms with Crippen LogP contribution in [0, 0.1) is 20.8 Å². The van der Waals surface area contributed by atoms with Gasteiger partial charge < -0.3 is 15.2 Å². The van der Waals surface area contributed by atoms with Crippen molar-refractivity contribution in [1.82, 2.24) is 15.0 Å². The number of rotatable bonds is 15. The van der Waals surface area contributed by atoms with Gasteiger partial charge in [-0.25, -0.2) is 10.5 Å². The molecule has 0 saturated heterocycles. The lowest BCUT2D eigenvalue weighted by Gasteiger charge is -2.12. The summed E-state index contributed by atoms with van der Waals surface area (Å²) in [6, 6.07) is 29.4. The fourth-order valence-corrected chi connectivity index (χ4v) is 8.41. The molecular formula is C42H34N8O11S3. The van der Waals surface area contributed by atoms with Gasteiger partial charge in [0.05, 0.1) is 63.7 Å². The Morgan fingerprint density at radius 2 is 1.34 bits per heavy atom. The number of phenolic OH excluding ortho intramolecular Hbond substituents is 1. The zero-order valence-corrected chi connectivity index (χ0v) is 36.3. The number of methoxy groups -OCH3 is 1. The van der Waals surface area contributed by atoms with E-state index in [9.17, 15) is 18.1 Å². The lowest BCUT2D eigenvalue weighted by atomic mass is 10.1. The molecule has 0 saturated carbocycles. The minimum absolute atomic E-state index is 0.0937. The van der Waals surface area contributed by atoms with Gasteiger partial charge in [0.15, 0.2) is 5.75 Å². The molecule has 7 aromatic carbocycles. The maximum absolute atomic E-state index is 12.1. The van der Waals surface area contributed by atoms with Gasteiger partial charge in [-0.1, -0.05) is 16.1 Å². The third-order valence-corrected chi connectivity index (χ3v) is 12.0. The minimum atomic E-state index is -4.62. The molecule has 5 N–H and O–H groups in total. The summed E-state index contributed by atoms with van der Waals surface area (Å²) in [5, 5.41) is 68.9. The molecule has 64 heavy (non-hydrogen) atoms. The van der Waals surface area contributed by atoms with E-state index in [0.717, 1.165) is 33.8 Å². The summed E-state index contributed by atoms with van der Waals surface area (Å²) >= 11 is 1.20. The number of benzene rings is 7. The molecule has 0 aliphatic carbocycles. The van der Waals surface area contributed by atoms with Crippen LogP contribution in [-0.4, -0.2) is 50.7 Å². The Hall–Kier alpha value is -6.57. The Morgan fingerprint density at radius 1 is 0.672 bits per heavy atom. The van der Waals surface area contributed by atoms with Gasteiger partial charge in [-0.05, 0) is 140 Å². The predicted octanol–water partition coefficient (Wildman–Crippen LogP) is 12.0. The van der Waals surface area contributed by atoms with Crippen molar-refractivity contribution in [2.75, 3.05) is 12.4 Å². The van der Waals surface area contributed by atoms with Crippen molar-refractivity contribution in [3.63, 3.8) is 0 Å². The third-order valence-electron chi connectivity index (χ3n) is 9.90. The van der Waals surface area contributed by atoms with Crippen LogP contribution in [-0.2, 0) is 28.9 Å². The first kappa shape index (κ1) is 44.1. The first-order valence-electron chi connectivity index (χ1n) is 18.7. The van der Waals surface area contributed by atoms with Crippen molar-refractivity contribution >= 4 is 101 Å². The molecule has 0 unspecified atom stereocenters. The smallest absolute Gasteiger partial charge is 0.294 e. The standard InChI is InChI=1S/C42H34N8O11S3/c1-22-17-36(46-47-41-39(63-61-59-53)19-25-18-27(7-11-31(25)42(41)51)43-26-5-9-29(57-4)10-6-26)23(2)16-35(22)45-44-28-8-14-37(24(3)15-28)50-48-34-13-12-32-33(40(34)49-50)20-30(64(54,55)56)21-38(32)62-60-58-52/h5-21,43,51-53H,1-4H3,(H,54,55,56). The quantitative estimate of drug-likeness (QED) is 0.0211. The molecule has 0 aliphatic heterocycles. The lowest BCUT2D eigenvalue weighted by molar-refractivity contribution is -0.432. The average molecular weight is 923 g/mol. The monoisotopic (exact) mass is 922 g/mol. The van der Waals surface area contributed by atoms with E-state index in [4.69, 9.17) is 19.6 Å². The fraction of sp³-hybridized carbons (Fsp3) is 0.0952. The van der Waals surface area contributed by atoms with E-state index in [2.05, 4.69) is 50.4 Å². The van der Waals surface area contributed by atoms with Crippen molar-refractivity contribution in [3.8, 4) is 17.2 Å². The summed E-state index contributed by atoms with van der Waals surface area (Å²) in [5.74, 6) is 0.573. The van der Waals surface area contributed by atoms with E-state index in [0.29, 0.717) is 84.3 Å². The maximum Gasteiger partial charge on any atom is 0.294 e. The normalized spacial score (nSPS) is 12.1. The Morgan fingerprint density at radius 3 is 2.02 bits per heavy atom. The number of aromatic nitrogens is 3. The molecule has 8 rings (SSSR count). The summed E-state index contributed by atoms with van der Waals surface area (Å²) in [6.45, 7) is 5.55. The Kier molecular flexibility index (Phi) is 12.8. The van der Waals surface area contributed by atoms with Crippen molar-refractivity contribution < 1.29 is 52.1 Å². The predicted molar refractivity (Wildman–Crippen MR) is 238 cm³/mol. The molecule has 0 atom stereocenters. The summed E-state index contributed by atoms with van der Waals surface area (Å²) in [5.41, 5.74) is 6.95. The molecule has 22 heteroatoms. The number of azo groups is 2. The van der Waals surface area contributed by atoms with Crippen molar-refractivity contribution in [3.05, 3.63) is 120 Å². The highest BCUT2D eigenvalue weighted by Crippen LogP contribution is 2.45. The van der Waals surface area contributed by atoms with Crippen LogP contribution in [0.1, 0.15) is 16.7 Å². The first-order valence-corrected chi connectivity index (χ1v) is 21.6. The number of hydrogen-bond donors (Lipinski definition) is 5. The fourth-order valence-electron chi connectivity index (χ4n) is 6.76. The van der Waals surface area contributed by atoms with Crippen LogP contribution < -0.4 is 10.1 Å². The molecule has 0 amide bonds. The molecule has 0 fully saturated rings. The van der Waals surface area contributed by atoms with Crippen molar-refractivity contribution in [2.45, 2.75) is 35.5 Å². The molecule has 0 spiro atoms. The summed E-state index contributed by atoms with van der Waals surface area (Å²) < 4.78 is 48.5. The van der Waals surface area contributed by atoms with Gasteiger partial charge in [-0.15, -0.1) is 24.0 Å². The van der Waals surface area contributed by atoms with Crippen LogP contribution >= 0.6 is 24.1 Å². The van der Waals surface area contributed by atoms with Crippen LogP contribution in [0.2, 0.25) is 0 Å². The molecule has 1 heterocycles. The number of aromatic hydroxyl groups is 1.